The molecule has 106 valence electrons. The van der Waals surface area contributed by atoms with E-state index in [0.717, 1.165) is 45.5 Å². The number of rotatable bonds is 6. The molecule has 0 radical (unpaired) electrons. The maximum absolute atomic E-state index is 12.0. The first kappa shape index (κ1) is 15.6. The molecule has 0 aromatic carbocycles. The monoisotopic (exact) mass is 274 g/mol. The Morgan fingerprint density at radius 3 is 2.56 bits per heavy atom. The third-order valence-electron chi connectivity index (χ3n) is 3.01. The number of ether oxygens (including phenoxy) is 1. The molecule has 0 saturated carbocycles. The summed E-state index contributed by atoms with van der Waals surface area (Å²) >= 11 is 1.96. The summed E-state index contributed by atoms with van der Waals surface area (Å²) in [7, 11) is 1.72. The van der Waals surface area contributed by atoms with E-state index in [0.29, 0.717) is 10.5 Å². The fourth-order valence-corrected chi connectivity index (χ4v) is 3.52. The molecule has 4 nitrogen and oxygen atoms in total. The summed E-state index contributed by atoms with van der Waals surface area (Å²) in [4.78, 5) is 13.9. The predicted octanol–water partition coefficient (Wildman–Crippen LogP) is 2.34. The van der Waals surface area contributed by atoms with E-state index in [1.165, 1.54) is 0 Å². The molecule has 1 heterocycles. The van der Waals surface area contributed by atoms with Crippen LogP contribution in [0.5, 0.6) is 0 Å². The van der Waals surface area contributed by atoms with E-state index >= 15 is 0 Å². The summed E-state index contributed by atoms with van der Waals surface area (Å²) in [6.07, 6.45) is 3.21. The van der Waals surface area contributed by atoms with Crippen molar-refractivity contribution < 1.29 is 9.53 Å². The molecular formula is C13H26N2O2S. The van der Waals surface area contributed by atoms with Gasteiger partial charge in [-0.05, 0) is 19.3 Å². The zero-order valence-corrected chi connectivity index (χ0v) is 12.6. The smallest absolute Gasteiger partial charge is 0.317 e. The number of hydrogen-bond acceptors (Lipinski definition) is 3. The van der Waals surface area contributed by atoms with Crippen LogP contribution >= 0.6 is 11.8 Å². The molecule has 1 rings (SSSR count). The first-order chi connectivity index (χ1) is 8.63. The minimum Gasteiger partial charge on any atom is -0.385 e. The largest absolute Gasteiger partial charge is 0.385 e. The highest BCUT2D eigenvalue weighted by atomic mass is 32.2. The highest BCUT2D eigenvalue weighted by molar-refractivity contribution is 8.00. The van der Waals surface area contributed by atoms with Crippen LogP contribution in [0.3, 0.4) is 0 Å². The number of unbranched alkanes of at least 4 members (excludes halogenated alkanes) is 2. The Morgan fingerprint density at radius 1 is 1.28 bits per heavy atom. The summed E-state index contributed by atoms with van der Waals surface area (Å²) in [5, 5.41) is 4.09. The zero-order valence-electron chi connectivity index (χ0n) is 11.8. The molecule has 0 aliphatic carbocycles. The molecule has 18 heavy (non-hydrogen) atoms. The Hall–Kier alpha value is -0.420. The maximum Gasteiger partial charge on any atom is 0.317 e. The van der Waals surface area contributed by atoms with Crippen LogP contribution in [0, 0.1) is 0 Å². The van der Waals surface area contributed by atoms with Crippen LogP contribution in [0.15, 0.2) is 0 Å². The molecule has 0 spiro atoms. The van der Waals surface area contributed by atoms with Crippen molar-refractivity contribution in [2.45, 2.75) is 43.6 Å². The molecule has 0 unspecified atom stereocenters. The lowest BCUT2D eigenvalue weighted by Gasteiger charge is -2.34. The normalized spacial score (nSPS) is 24.1. The van der Waals surface area contributed by atoms with Gasteiger partial charge in [0.25, 0.3) is 0 Å². The number of nitrogens with one attached hydrogen (secondary N) is 1. The van der Waals surface area contributed by atoms with Crippen molar-refractivity contribution >= 4 is 17.8 Å². The van der Waals surface area contributed by atoms with E-state index in [4.69, 9.17) is 4.74 Å². The van der Waals surface area contributed by atoms with Gasteiger partial charge in [0.15, 0.2) is 0 Å². The van der Waals surface area contributed by atoms with E-state index in [1.54, 1.807) is 7.11 Å². The highest BCUT2D eigenvalue weighted by Crippen LogP contribution is 2.24. The Bertz CT molecular complexity index is 241. The van der Waals surface area contributed by atoms with Gasteiger partial charge in [0.05, 0.1) is 0 Å². The molecule has 0 bridgehead atoms. The van der Waals surface area contributed by atoms with Crippen molar-refractivity contribution in [2.24, 2.45) is 0 Å². The number of carbonyl (C=O) groups is 1. The molecule has 1 N–H and O–H groups in total. The SMILES string of the molecule is COCCCCCNC(=O)N1C[C@H](C)S[C@@H](C)C1. The first-order valence-corrected chi connectivity index (χ1v) is 7.75. The van der Waals surface area contributed by atoms with Crippen molar-refractivity contribution in [3.63, 3.8) is 0 Å². The molecule has 1 saturated heterocycles. The van der Waals surface area contributed by atoms with Crippen molar-refractivity contribution in [1.29, 1.82) is 0 Å². The number of carbonyl (C=O) groups excluding carboxylic acids is 1. The van der Waals surface area contributed by atoms with Gasteiger partial charge in [-0.2, -0.15) is 11.8 Å². The van der Waals surface area contributed by atoms with Gasteiger partial charge in [-0.1, -0.05) is 13.8 Å². The standard InChI is InChI=1S/C13H26N2O2S/c1-11-9-15(10-12(2)18-11)13(16)14-7-5-4-6-8-17-3/h11-12H,4-10H2,1-3H3,(H,14,16)/t11-,12-/m0/s1. The Labute approximate surface area is 115 Å². The number of urea groups is 1. The fourth-order valence-electron chi connectivity index (χ4n) is 2.20. The van der Waals surface area contributed by atoms with Gasteiger partial charge in [0, 0.05) is 43.9 Å². The lowest BCUT2D eigenvalue weighted by molar-refractivity contribution is 0.190. The van der Waals surface area contributed by atoms with Crippen molar-refractivity contribution in [3.8, 4) is 0 Å². The van der Waals surface area contributed by atoms with Gasteiger partial charge in [-0.3, -0.25) is 0 Å². The molecule has 1 aliphatic rings. The van der Waals surface area contributed by atoms with E-state index in [9.17, 15) is 4.79 Å². The van der Waals surface area contributed by atoms with Crippen molar-refractivity contribution in [3.05, 3.63) is 0 Å². The summed E-state index contributed by atoms with van der Waals surface area (Å²) in [5.41, 5.74) is 0. The van der Waals surface area contributed by atoms with Crippen LogP contribution in [0.4, 0.5) is 4.79 Å². The molecule has 1 aliphatic heterocycles. The van der Waals surface area contributed by atoms with Crippen molar-refractivity contribution in [2.75, 3.05) is 33.4 Å². The lowest BCUT2D eigenvalue weighted by Crippen LogP contribution is -2.48. The van der Waals surface area contributed by atoms with Crippen LogP contribution < -0.4 is 5.32 Å². The van der Waals surface area contributed by atoms with Crippen LogP contribution in [0.2, 0.25) is 0 Å². The molecule has 1 fully saturated rings. The van der Waals surface area contributed by atoms with E-state index in [2.05, 4.69) is 19.2 Å². The summed E-state index contributed by atoms with van der Waals surface area (Å²) < 4.78 is 4.99. The zero-order chi connectivity index (χ0) is 13.4. The average molecular weight is 274 g/mol. The van der Waals surface area contributed by atoms with Crippen molar-refractivity contribution in [1.82, 2.24) is 10.2 Å². The lowest BCUT2D eigenvalue weighted by atomic mass is 10.2. The third-order valence-corrected chi connectivity index (χ3v) is 4.24. The topological polar surface area (TPSA) is 41.6 Å². The van der Waals surface area contributed by atoms with E-state index in [1.807, 2.05) is 16.7 Å². The van der Waals surface area contributed by atoms with E-state index in [-0.39, 0.29) is 6.03 Å². The van der Waals surface area contributed by atoms with Crippen LogP contribution in [-0.2, 0) is 4.74 Å². The maximum atomic E-state index is 12.0. The van der Waals surface area contributed by atoms with Gasteiger partial charge in [-0.25, -0.2) is 4.79 Å². The van der Waals surface area contributed by atoms with Crippen LogP contribution in [0.1, 0.15) is 33.1 Å². The minimum absolute atomic E-state index is 0.0979. The molecule has 0 aromatic heterocycles. The fraction of sp³-hybridized carbons (Fsp3) is 0.923. The van der Waals surface area contributed by atoms with Gasteiger partial charge in [0.2, 0.25) is 0 Å². The van der Waals surface area contributed by atoms with E-state index < -0.39 is 0 Å². The molecular weight excluding hydrogens is 248 g/mol. The number of nitrogens with zero attached hydrogens (tertiary/aromatic N) is 1. The third kappa shape index (κ3) is 5.96. The number of hydrogen-bond donors (Lipinski definition) is 1. The number of thioether (sulfide) groups is 1. The van der Waals surface area contributed by atoms with Gasteiger partial charge >= 0.3 is 6.03 Å². The highest BCUT2D eigenvalue weighted by Gasteiger charge is 2.25. The Balaban J connectivity index is 2.12. The second-order valence-electron chi connectivity index (χ2n) is 4.95. The van der Waals surface area contributed by atoms with Gasteiger partial charge in [-0.15, -0.1) is 0 Å². The molecule has 5 heteroatoms. The number of amides is 2. The summed E-state index contributed by atoms with van der Waals surface area (Å²) in [6, 6.07) is 0.0979. The number of methoxy groups -OCH3 is 1. The second kappa shape index (κ2) is 8.64. The molecule has 0 aromatic rings. The minimum atomic E-state index is 0.0979. The van der Waals surface area contributed by atoms with Crippen LogP contribution in [-0.4, -0.2) is 54.8 Å². The van der Waals surface area contributed by atoms with Crippen LogP contribution in [0.25, 0.3) is 0 Å². The predicted molar refractivity (Wildman–Crippen MR) is 77.2 cm³/mol. The summed E-state index contributed by atoms with van der Waals surface area (Å²) in [6.45, 7) is 7.69. The average Bonchev–Trinajstić information content (AvgIpc) is 2.32. The molecule has 2 amide bonds. The summed E-state index contributed by atoms with van der Waals surface area (Å²) in [5.74, 6) is 0. The Morgan fingerprint density at radius 2 is 1.94 bits per heavy atom. The quantitative estimate of drug-likeness (QED) is 0.756. The molecule has 2 atom stereocenters. The second-order valence-corrected chi connectivity index (χ2v) is 6.83. The Kier molecular flexibility index (Phi) is 7.51. The first-order valence-electron chi connectivity index (χ1n) is 6.80. The van der Waals surface area contributed by atoms with Gasteiger partial charge < -0.3 is 15.0 Å². The van der Waals surface area contributed by atoms with Gasteiger partial charge in [0.1, 0.15) is 0 Å².